The summed E-state index contributed by atoms with van der Waals surface area (Å²) in [5.41, 5.74) is 4.44. The van der Waals surface area contributed by atoms with Gasteiger partial charge in [0.25, 0.3) is 0 Å². The number of benzene rings is 1. The molecule has 1 nitrogen and oxygen atoms in total. The lowest BCUT2D eigenvalue weighted by Gasteiger charge is -2.23. The van der Waals surface area contributed by atoms with E-state index in [0.717, 1.165) is 0 Å². The van der Waals surface area contributed by atoms with Gasteiger partial charge in [-0.05, 0) is 58.1 Å². The van der Waals surface area contributed by atoms with Crippen LogP contribution in [0.2, 0.25) is 0 Å². The van der Waals surface area contributed by atoms with E-state index in [1.807, 2.05) is 0 Å². The highest BCUT2D eigenvalue weighted by Gasteiger charge is 2.14. The van der Waals surface area contributed by atoms with E-state index >= 15 is 0 Å². The van der Waals surface area contributed by atoms with Crippen molar-refractivity contribution in [3.05, 3.63) is 47.0 Å². The third kappa shape index (κ3) is 3.71. The van der Waals surface area contributed by atoms with Gasteiger partial charge in [-0.2, -0.15) is 0 Å². The molecule has 2 rings (SSSR count). The molecular weight excluding hydrogens is 218 g/mol. The summed E-state index contributed by atoms with van der Waals surface area (Å²) in [4.78, 5) is 0. The van der Waals surface area contributed by atoms with Crippen LogP contribution < -0.4 is 5.32 Å². The van der Waals surface area contributed by atoms with Gasteiger partial charge in [-0.15, -0.1) is 0 Å². The Bertz CT molecular complexity index is 389. The third-order valence-corrected chi connectivity index (χ3v) is 3.96. The highest BCUT2D eigenvalue weighted by molar-refractivity contribution is 5.22. The molecule has 0 aliphatic heterocycles. The molecule has 0 saturated carbocycles. The molecule has 1 atom stereocenters. The van der Waals surface area contributed by atoms with Gasteiger partial charge in [0.15, 0.2) is 0 Å². The summed E-state index contributed by atoms with van der Waals surface area (Å²) in [5.74, 6) is 0. The first kappa shape index (κ1) is 13.4. The number of rotatable bonds is 5. The highest BCUT2D eigenvalue weighted by atomic mass is 14.9. The van der Waals surface area contributed by atoms with Gasteiger partial charge >= 0.3 is 0 Å². The van der Waals surface area contributed by atoms with Gasteiger partial charge in [0.05, 0.1) is 0 Å². The average molecular weight is 243 g/mol. The van der Waals surface area contributed by atoms with Crippen molar-refractivity contribution < 1.29 is 0 Å². The zero-order valence-electron chi connectivity index (χ0n) is 11.7. The summed E-state index contributed by atoms with van der Waals surface area (Å²) in [7, 11) is 2.09. The molecule has 0 radical (unpaired) electrons. The topological polar surface area (TPSA) is 12.0 Å². The molecule has 0 heterocycles. The molecule has 98 valence electrons. The molecule has 0 amide bonds. The van der Waals surface area contributed by atoms with E-state index < -0.39 is 0 Å². The minimum Gasteiger partial charge on any atom is -0.313 e. The van der Waals surface area contributed by atoms with E-state index in [1.165, 1.54) is 49.7 Å². The minimum atomic E-state index is 0.576. The summed E-state index contributed by atoms with van der Waals surface area (Å²) in [6.07, 6.45) is 10.2. The maximum atomic E-state index is 3.49. The molecule has 1 heteroatoms. The number of allylic oxidation sites excluding steroid dienone is 1. The molecule has 1 N–H and O–H groups in total. The summed E-state index contributed by atoms with van der Waals surface area (Å²) in [6, 6.07) is 9.52. The van der Waals surface area contributed by atoms with Gasteiger partial charge in [0.2, 0.25) is 0 Å². The lowest BCUT2D eigenvalue weighted by atomic mass is 9.90. The van der Waals surface area contributed by atoms with Crippen LogP contribution in [0.25, 0.3) is 0 Å². The van der Waals surface area contributed by atoms with Crippen LogP contribution in [0, 0.1) is 6.92 Å². The third-order valence-electron chi connectivity index (χ3n) is 3.96. The van der Waals surface area contributed by atoms with Gasteiger partial charge in [-0.1, -0.05) is 41.5 Å². The minimum absolute atomic E-state index is 0.576. The molecular formula is C17H25N. The Morgan fingerprint density at radius 2 is 1.94 bits per heavy atom. The van der Waals surface area contributed by atoms with Crippen molar-refractivity contribution >= 4 is 0 Å². The number of aryl methyl sites for hydroxylation is 2. The van der Waals surface area contributed by atoms with Gasteiger partial charge in [0, 0.05) is 6.04 Å². The predicted molar refractivity (Wildman–Crippen MR) is 78.9 cm³/mol. The van der Waals surface area contributed by atoms with Crippen LogP contribution in [0.4, 0.5) is 0 Å². The first-order valence-corrected chi connectivity index (χ1v) is 7.21. The molecule has 0 spiro atoms. The molecule has 18 heavy (non-hydrogen) atoms. The van der Waals surface area contributed by atoms with Crippen molar-refractivity contribution in [2.45, 2.75) is 51.5 Å². The molecule has 0 fully saturated rings. The standard InChI is InChI=1S/C17H25N/c1-14-8-10-15(11-9-14)12-13-17(18-2)16-6-4-3-5-7-16/h6,8-11,17-18H,3-5,7,12-13H2,1-2H3. The van der Waals surface area contributed by atoms with E-state index in [4.69, 9.17) is 0 Å². The lowest BCUT2D eigenvalue weighted by molar-refractivity contribution is 0.540. The second-order valence-corrected chi connectivity index (χ2v) is 5.39. The Balaban J connectivity index is 1.90. The number of nitrogens with one attached hydrogen (secondary N) is 1. The molecule has 0 saturated heterocycles. The Labute approximate surface area is 111 Å². The van der Waals surface area contributed by atoms with Gasteiger partial charge < -0.3 is 5.32 Å². The van der Waals surface area contributed by atoms with Crippen LogP contribution in [0.15, 0.2) is 35.9 Å². The number of hydrogen-bond donors (Lipinski definition) is 1. The largest absolute Gasteiger partial charge is 0.313 e. The van der Waals surface area contributed by atoms with Gasteiger partial charge in [-0.25, -0.2) is 0 Å². The Kier molecular flexibility index (Phi) is 5.00. The van der Waals surface area contributed by atoms with E-state index in [-0.39, 0.29) is 0 Å². The molecule has 0 aromatic heterocycles. The number of hydrogen-bond acceptors (Lipinski definition) is 1. The Morgan fingerprint density at radius 3 is 2.56 bits per heavy atom. The zero-order chi connectivity index (χ0) is 12.8. The van der Waals surface area contributed by atoms with Crippen molar-refractivity contribution in [1.82, 2.24) is 5.32 Å². The van der Waals surface area contributed by atoms with Crippen molar-refractivity contribution in [2.75, 3.05) is 7.05 Å². The van der Waals surface area contributed by atoms with Crippen LogP contribution in [-0.4, -0.2) is 13.1 Å². The molecule has 1 aliphatic carbocycles. The maximum Gasteiger partial charge on any atom is 0.0279 e. The zero-order valence-corrected chi connectivity index (χ0v) is 11.7. The van der Waals surface area contributed by atoms with Gasteiger partial charge in [0.1, 0.15) is 0 Å². The fourth-order valence-electron chi connectivity index (χ4n) is 2.76. The van der Waals surface area contributed by atoms with E-state index in [9.17, 15) is 0 Å². The molecule has 1 aliphatic rings. The first-order valence-electron chi connectivity index (χ1n) is 7.21. The molecule has 1 aromatic rings. The second-order valence-electron chi connectivity index (χ2n) is 5.39. The lowest BCUT2D eigenvalue weighted by Crippen LogP contribution is -2.28. The van der Waals surface area contributed by atoms with Crippen molar-refractivity contribution in [2.24, 2.45) is 0 Å². The summed E-state index contributed by atoms with van der Waals surface area (Å²) < 4.78 is 0. The van der Waals surface area contributed by atoms with Crippen LogP contribution >= 0.6 is 0 Å². The van der Waals surface area contributed by atoms with Crippen LogP contribution in [-0.2, 0) is 6.42 Å². The number of likely N-dealkylation sites (N-methyl/N-ethyl adjacent to an activating group) is 1. The van der Waals surface area contributed by atoms with E-state index in [1.54, 1.807) is 5.57 Å². The maximum absolute atomic E-state index is 3.49. The van der Waals surface area contributed by atoms with Crippen LogP contribution in [0.1, 0.15) is 43.2 Å². The predicted octanol–water partition coefficient (Wildman–Crippen LogP) is 4.02. The Hall–Kier alpha value is -1.08. The van der Waals surface area contributed by atoms with Crippen molar-refractivity contribution in [3.8, 4) is 0 Å². The average Bonchev–Trinajstić information content (AvgIpc) is 2.43. The molecule has 1 aromatic carbocycles. The van der Waals surface area contributed by atoms with Crippen molar-refractivity contribution in [3.63, 3.8) is 0 Å². The monoisotopic (exact) mass is 243 g/mol. The smallest absolute Gasteiger partial charge is 0.0279 e. The van der Waals surface area contributed by atoms with Gasteiger partial charge in [-0.3, -0.25) is 0 Å². The summed E-state index contributed by atoms with van der Waals surface area (Å²) >= 11 is 0. The SMILES string of the molecule is CNC(CCc1ccc(C)cc1)C1=CCCCC1. The Morgan fingerprint density at radius 1 is 1.17 bits per heavy atom. The summed E-state index contributed by atoms with van der Waals surface area (Å²) in [6.45, 7) is 2.15. The fraction of sp³-hybridized carbons (Fsp3) is 0.529. The summed E-state index contributed by atoms with van der Waals surface area (Å²) in [5, 5.41) is 3.49. The van der Waals surface area contributed by atoms with Crippen molar-refractivity contribution in [1.29, 1.82) is 0 Å². The first-order chi connectivity index (χ1) is 8.79. The molecule has 1 unspecified atom stereocenters. The quantitative estimate of drug-likeness (QED) is 0.770. The van der Waals surface area contributed by atoms with Crippen LogP contribution in [0.3, 0.4) is 0 Å². The second kappa shape index (κ2) is 6.75. The molecule has 0 bridgehead atoms. The normalized spacial score (nSPS) is 17.3. The fourth-order valence-corrected chi connectivity index (χ4v) is 2.76. The van der Waals surface area contributed by atoms with E-state index in [2.05, 4.69) is 49.6 Å². The van der Waals surface area contributed by atoms with E-state index in [0.29, 0.717) is 6.04 Å². The highest BCUT2D eigenvalue weighted by Crippen LogP contribution is 2.22. The van der Waals surface area contributed by atoms with Crippen LogP contribution in [0.5, 0.6) is 0 Å².